The molecule has 1 atom stereocenters. The van der Waals surface area contributed by atoms with Gasteiger partial charge >= 0.3 is 12.6 Å². The lowest BCUT2D eigenvalue weighted by atomic mass is 9.95. The highest BCUT2D eigenvalue weighted by atomic mass is 19.3. The van der Waals surface area contributed by atoms with Crippen molar-refractivity contribution in [1.82, 2.24) is 44.6 Å². The van der Waals surface area contributed by atoms with Crippen molar-refractivity contribution in [3.8, 4) is 11.4 Å². The number of nitrogens with one attached hydrogen (secondary N) is 2. The first-order valence-corrected chi connectivity index (χ1v) is 15.7. The van der Waals surface area contributed by atoms with Gasteiger partial charge in [0.1, 0.15) is 12.1 Å². The Morgan fingerprint density at radius 2 is 1.79 bits per heavy atom. The number of hydrogen-bond donors (Lipinski definition) is 2. The first kappa shape index (κ1) is 32.0. The molecule has 0 spiro atoms. The third-order valence-electron chi connectivity index (χ3n) is 8.63. The number of amides is 3. The van der Waals surface area contributed by atoms with Gasteiger partial charge < -0.3 is 25.3 Å². The Hall–Kier alpha value is -4.92. The molecule has 4 aromatic rings. The highest BCUT2D eigenvalue weighted by molar-refractivity contribution is 5.94. The van der Waals surface area contributed by atoms with Crippen molar-refractivity contribution in [2.75, 3.05) is 50.0 Å². The number of anilines is 2. The average Bonchev–Trinajstić information content (AvgIpc) is 3.71. The molecule has 3 aromatic heterocycles. The quantitative estimate of drug-likeness (QED) is 0.289. The molecule has 0 saturated carbocycles. The smallest absolute Gasteiger partial charge is 0.321 e. The summed E-state index contributed by atoms with van der Waals surface area (Å²) in [6.07, 6.45) is 2.50. The van der Waals surface area contributed by atoms with Crippen molar-refractivity contribution in [3.05, 3.63) is 71.4 Å². The van der Waals surface area contributed by atoms with Crippen LogP contribution in [-0.4, -0.2) is 91.0 Å². The minimum atomic E-state index is -2.76. The minimum Gasteiger partial charge on any atom is -0.351 e. The molecule has 0 unspecified atom stereocenters. The predicted octanol–water partition coefficient (Wildman–Crippen LogP) is 4.35. The van der Waals surface area contributed by atoms with Crippen LogP contribution < -0.4 is 15.5 Å². The summed E-state index contributed by atoms with van der Waals surface area (Å²) in [6, 6.07) is 10.8. The number of alkyl halides is 2. The number of pyridine rings is 1. The fraction of sp³-hybridized carbons (Fsp3) is 0.438. The summed E-state index contributed by atoms with van der Waals surface area (Å²) >= 11 is 0. The Bertz CT molecular complexity index is 1710. The standard InChI is InChI=1S/C32H39F2N11O2/c1-20(2)45-28-21(3)17-43(26-10-7-23(16-35-26)29-39-37-19-44(29)31(33)34)18-25(28)27(40-45)30(46)36-15-22-5-8-24(9-6-22)38-32(47)42-13-11-41(4)12-14-42/h5-10,16,19-21,31H,11-15,17-18H2,1-4H3,(H,36,46)(H,38,47)/t21-/m0/s1. The van der Waals surface area contributed by atoms with Crippen LogP contribution in [0, 0.1) is 0 Å². The van der Waals surface area contributed by atoms with Crippen LogP contribution in [0.25, 0.3) is 11.4 Å². The van der Waals surface area contributed by atoms with Crippen molar-refractivity contribution >= 4 is 23.4 Å². The van der Waals surface area contributed by atoms with E-state index in [9.17, 15) is 18.4 Å². The van der Waals surface area contributed by atoms with Crippen molar-refractivity contribution in [2.45, 2.75) is 52.4 Å². The van der Waals surface area contributed by atoms with Gasteiger partial charge in [-0.15, -0.1) is 10.2 Å². The van der Waals surface area contributed by atoms with Gasteiger partial charge in [0.25, 0.3) is 5.91 Å². The average molecular weight is 648 g/mol. The largest absolute Gasteiger partial charge is 0.351 e. The number of hydrogen-bond acceptors (Lipinski definition) is 8. The van der Waals surface area contributed by atoms with E-state index in [-0.39, 0.29) is 29.7 Å². The SMILES string of the molecule is CC(C)n1nc(C(=O)NCc2ccc(NC(=O)N3CCN(C)CC3)cc2)c2c1[C@@H](C)CN(c1ccc(-c3nncn3C(F)F)cn1)C2. The molecule has 13 nitrogen and oxygen atoms in total. The van der Waals surface area contributed by atoms with Crippen LogP contribution in [0.2, 0.25) is 0 Å². The molecule has 0 aliphatic carbocycles. The monoisotopic (exact) mass is 647 g/mol. The van der Waals surface area contributed by atoms with Crippen LogP contribution in [0.1, 0.15) is 66.6 Å². The van der Waals surface area contributed by atoms with E-state index in [4.69, 9.17) is 5.10 Å². The third kappa shape index (κ3) is 6.80. The van der Waals surface area contributed by atoms with E-state index in [0.29, 0.717) is 60.1 Å². The molecule has 2 aliphatic rings. The molecule has 47 heavy (non-hydrogen) atoms. The zero-order valence-corrected chi connectivity index (χ0v) is 26.9. The minimum absolute atomic E-state index is 0.0376. The zero-order valence-electron chi connectivity index (χ0n) is 26.9. The van der Waals surface area contributed by atoms with Crippen LogP contribution in [0.5, 0.6) is 0 Å². The number of halogens is 2. The van der Waals surface area contributed by atoms with Crippen molar-refractivity contribution in [3.63, 3.8) is 0 Å². The van der Waals surface area contributed by atoms with Crippen LogP contribution in [0.3, 0.4) is 0 Å². The second kappa shape index (κ2) is 13.4. The molecule has 0 bridgehead atoms. The van der Waals surface area contributed by atoms with E-state index in [0.717, 1.165) is 36.2 Å². The fourth-order valence-corrected chi connectivity index (χ4v) is 6.07. The summed E-state index contributed by atoms with van der Waals surface area (Å²) in [4.78, 5) is 36.8. The van der Waals surface area contributed by atoms with Gasteiger partial charge in [0.15, 0.2) is 11.5 Å². The molecule has 1 saturated heterocycles. The number of likely N-dealkylation sites (N-methyl/N-ethyl adjacent to an activating group) is 1. The first-order valence-electron chi connectivity index (χ1n) is 15.7. The highest BCUT2D eigenvalue weighted by Crippen LogP contribution is 2.35. The molecule has 6 rings (SSSR count). The third-order valence-corrected chi connectivity index (χ3v) is 8.63. The molecule has 1 aromatic carbocycles. The number of fused-ring (bicyclic) bond motifs is 1. The number of carbonyl (C=O) groups is 2. The van der Waals surface area contributed by atoms with Crippen LogP contribution in [-0.2, 0) is 13.1 Å². The van der Waals surface area contributed by atoms with E-state index in [1.54, 1.807) is 12.1 Å². The lowest BCUT2D eigenvalue weighted by molar-refractivity contribution is 0.0716. The Morgan fingerprint density at radius 1 is 1.04 bits per heavy atom. The maximum absolute atomic E-state index is 13.6. The van der Waals surface area contributed by atoms with Crippen LogP contribution in [0.4, 0.5) is 25.1 Å². The fourth-order valence-electron chi connectivity index (χ4n) is 6.07. The van der Waals surface area contributed by atoms with Gasteiger partial charge in [0.05, 0.1) is 0 Å². The number of piperazine rings is 1. The summed E-state index contributed by atoms with van der Waals surface area (Å²) in [5.41, 5.74) is 4.22. The van der Waals surface area contributed by atoms with Gasteiger partial charge in [0.2, 0.25) is 0 Å². The lowest BCUT2D eigenvalue weighted by Crippen LogP contribution is -2.48. The predicted molar refractivity (Wildman–Crippen MR) is 172 cm³/mol. The van der Waals surface area contributed by atoms with Crippen molar-refractivity contribution in [2.24, 2.45) is 0 Å². The summed E-state index contributed by atoms with van der Waals surface area (Å²) in [5, 5.41) is 18.2. The molecule has 15 heteroatoms. The Balaban J connectivity index is 1.14. The number of aromatic nitrogens is 6. The molecular weight excluding hydrogens is 608 g/mol. The van der Waals surface area contributed by atoms with E-state index >= 15 is 0 Å². The van der Waals surface area contributed by atoms with E-state index < -0.39 is 6.55 Å². The highest BCUT2D eigenvalue weighted by Gasteiger charge is 2.33. The van der Waals surface area contributed by atoms with Gasteiger partial charge in [0, 0.05) is 86.5 Å². The number of carbonyl (C=O) groups excluding carboxylic acids is 2. The topological polar surface area (TPSA) is 129 Å². The summed E-state index contributed by atoms with van der Waals surface area (Å²) in [7, 11) is 2.05. The van der Waals surface area contributed by atoms with Gasteiger partial charge in [-0.2, -0.15) is 13.9 Å². The molecule has 0 radical (unpaired) electrons. The van der Waals surface area contributed by atoms with Crippen LogP contribution >= 0.6 is 0 Å². The van der Waals surface area contributed by atoms with Gasteiger partial charge in [-0.25, -0.2) is 9.78 Å². The normalized spacial score (nSPS) is 16.9. The van der Waals surface area contributed by atoms with Crippen molar-refractivity contribution in [1.29, 1.82) is 0 Å². The van der Waals surface area contributed by atoms with Gasteiger partial charge in [-0.05, 0) is 50.7 Å². The molecule has 5 heterocycles. The molecular formula is C32H39F2N11O2. The Kier molecular flexibility index (Phi) is 9.16. The number of rotatable bonds is 8. The van der Waals surface area contributed by atoms with Gasteiger partial charge in [-0.1, -0.05) is 19.1 Å². The number of nitrogens with zero attached hydrogens (tertiary/aromatic N) is 9. The Morgan fingerprint density at radius 3 is 2.45 bits per heavy atom. The molecule has 3 amide bonds. The number of benzene rings is 1. The molecule has 248 valence electrons. The maximum Gasteiger partial charge on any atom is 0.321 e. The number of urea groups is 1. The summed E-state index contributed by atoms with van der Waals surface area (Å²) in [5.74, 6) is 0.456. The summed E-state index contributed by atoms with van der Waals surface area (Å²) < 4.78 is 29.3. The van der Waals surface area contributed by atoms with E-state index in [1.807, 2.05) is 54.7 Å². The Labute approximate surface area is 271 Å². The van der Waals surface area contributed by atoms with Crippen molar-refractivity contribution < 1.29 is 18.4 Å². The summed E-state index contributed by atoms with van der Waals surface area (Å²) in [6.45, 7) is 7.84. The second-order valence-electron chi connectivity index (χ2n) is 12.4. The van der Waals surface area contributed by atoms with Crippen LogP contribution in [0.15, 0.2) is 48.9 Å². The second-order valence-corrected chi connectivity index (χ2v) is 12.4. The zero-order chi connectivity index (χ0) is 33.2. The molecule has 2 aliphatic heterocycles. The van der Waals surface area contributed by atoms with E-state index in [2.05, 4.69) is 42.5 Å². The first-order chi connectivity index (χ1) is 22.6. The molecule has 2 N–H and O–H groups in total. The maximum atomic E-state index is 13.6. The lowest BCUT2D eigenvalue weighted by Gasteiger charge is -2.33. The van der Waals surface area contributed by atoms with E-state index in [1.165, 1.54) is 6.20 Å². The molecule has 1 fully saturated rings. The van der Waals surface area contributed by atoms with Gasteiger partial charge in [-0.3, -0.25) is 14.0 Å².